The number of fused-ring (bicyclic) bond motifs is 1. The number of nitrogens with zero attached hydrogens (tertiary/aromatic N) is 5. The molecule has 0 aromatic carbocycles. The number of primary amides is 1. The van der Waals surface area contributed by atoms with E-state index < -0.39 is 5.91 Å². The van der Waals surface area contributed by atoms with Crippen molar-refractivity contribution in [1.82, 2.24) is 19.6 Å². The second-order valence-corrected chi connectivity index (χ2v) is 6.95. The number of piperidine rings is 1. The van der Waals surface area contributed by atoms with Crippen LogP contribution in [0, 0.1) is 6.92 Å². The molecule has 28 heavy (non-hydrogen) atoms. The minimum absolute atomic E-state index is 0.198. The molecule has 10 heteroatoms. The molecule has 1 fully saturated rings. The van der Waals surface area contributed by atoms with Gasteiger partial charge in [-0.15, -0.1) is 0 Å². The number of nitrogens with two attached hydrogens (primary N) is 2. The van der Waals surface area contributed by atoms with Crippen molar-refractivity contribution in [3.8, 4) is 0 Å². The summed E-state index contributed by atoms with van der Waals surface area (Å²) in [5, 5.41) is 17.2. The van der Waals surface area contributed by atoms with Gasteiger partial charge in [0.15, 0.2) is 5.65 Å². The normalized spacial score (nSPS) is 17.1. The van der Waals surface area contributed by atoms with E-state index in [-0.39, 0.29) is 11.7 Å². The summed E-state index contributed by atoms with van der Waals surface area (Å²) in [5.41, 5.74) is 13.5. The smallest absolute Gasteiger partial charge is 0.254 e. The third-order valence-electron chi connectivity index (χ3n) is 4.70. The van der Waals surface area contributed by atoms with Gasteiger partial charge in [-0.05, 0) is 25.8 Å². The highest BCUT2D eigenvalue weighted by atomic mass is 16.3. The first-order valence-electron chi connectivity index (χ1n) is 9.03. The number of nitrogens with one attached hydrogen (secondary N) is 1. The number of aliphatic hydroxyl groups is 1. The molecule has 0 aliphatic carbocycles. The van der Waals surface area contributed by atoms with E-state index >= 15 is 0 Å². The molecule has 1 atom stereocenters. The number of aromatic nitrogens is 4. The highest BCUT2D eigenvalue weighted by molar-refractivity contribution is 5.98. The summed E-state index contributed by atoms with van der Waals surface area (Å²) in [6.07, 6.45) is 2.74. The zero-order valence-electron chi connectivity index (χ0n) is 15.5. The fourth-order valence-corrected chi connectivity index (χ4v) is 3.42. The second kappa shape index (κ2) is 6.97. The first kappa shape index (κ1) is 18.0. The molecule has 1 aliphatic heterocycles. The number of carbonyl (C=O) groups is 1. The van der Waals surface area contributed by atoms with E-state index in [4.69, 9.17) is 11.5 Å². The monoisotopic (exact) mass is 382 g/mol. The van der Waals surface area contributed by atoms with Gasteiger partial charge in [0.05, 0.1) is 12.3 Å². The van der Waals surface area contributed by atoms with Gasteiger partial charge >= 0.3 is 0 Å². The van der Waals surface area contributed by atoms with Crippen LogP contribution in [-0.2, 0) is 0 Å². The van der Waals surface area contributed by atoms with Crippen molar-refractivity contribution in [2.75, 3.05) is 29.0 Å². The molecule has 1 unspecified atom stereocenters. The molecular formula is C18H22N8O2. The third-order valence-corrected chi connectivity index (χ3v) is 4.70. The molecule has 3 aromatic rings. The summed E-state index contributed by atoms with van der Waals surface area (Å²) in [4.78, 5) is 22.7. The molecule has 4 rings (SSSR count). The van der Waals surface area contributed by atoms with Gasteiger partial charge in [0.2, 0.25) is 0 Å². The van der Waals surface area contributed by atoms with E-state index in [1.165, 1.54) is 10.7 Å². The van der Waals surface area contributed by atoms with Crippen LogP contribution in [0.1, 0.15) is 28.9 Å². The number of hydrogen-bond donors (Lipinski definition) is 4. The van der Waals surface area contributed by atoms with Crippen LogP contribution in [0.4, 0.5) is 23.1 Å². The quantitative estimate of drug-likeness (QED) is 0.518. The Morgan fingerprint density at radius 2 is 2.14 bits per heavy atom. The Morgan fingerprint density at radius 1 is 1.32 bits per heavy atom. The van der Waals surface area contributed by atoms with Crippen LogP contribution in [0.5, 0.6) is 0 Å². The number of nitrogen functional groups attached to an aromatic ring is 1. The zero-order valence-corrected chi connectivity index (χ0v) is 15.5. The number of pyridine rings is 1. The Labute approximate surface area is 161 Å². The van der Waals surface area contributed by atoms with Crippen molar-refractivity contribution in [3.05, 3.63) is 35.7 Å². The lowest BCUT2D eigenvalue weighted by molar-refractivity contribution is 0.100. The van der Waals surface area contributed by atoms with Crippen LogP contribution < -0.4 is 21.7 Å². The number of anilines is 4. The molecule has 0 radical (unpaired) electrons. The highest BCUT2D eigenvalue weighted by Gasteiger charge is 2.20. The fourth-order valence-electron chi connectivity index (χ4n) is 3.42. The summed E-state index contributed by atoms with van der Waals surface area (Å²) in [6.45, 7) is 3.31. The Hall–Kier alpha value is -3.40. The van der Waals surface area contributed by atoms with Gasteiger partial charge in [0.25, 0.3) is 5.91 Å². The summed E-state index contributed by atoms with van der Waals surface area (Å²) >= 11 is 0. The summed E-state index contributed by atoms with van der Waals surface area (Å²) in [5.74, 6) is 0.954. The van der Waals surface area contributed by atoms with Gasteiger partial charge in [-0.2, -0.15) is 9.61 Å². The van der Waals surface area contributed by atoms with Crippen LogP contribution in [0.25, 0.3) is 5.65 Å². The average molecular weight is 382 g/mol. The molecule has 0 bridgehead atoms. The largest absolute Gasteiger partial charge is 0.391 e. The topological polar surface area (TPSA) is 148 Å². The predicted molar refractivity (Wildman–Crippen MR) is 106 cm³/mol. The molecule has 0 spiro atoms. The molecule has 146 valence electrons. The van der Waals surface area contributed by atoms with Crippen molar-refractivity contribution < 1.29 is 9.90 Å². The zero-order chi connectivity index (χ0) is 19.8. The van der Waals surface area contributed by atoms with Crippen LogP contribution in [-0.4, -0.2) is 49.8 Å². The maximum atomic E-state index is 11.6. The van der Waals surface area contributed by atoms with E-state index in [9.17, 15) is 9.90 Å². The molecule has 1 aliphatic rings. The van der Waals surface area contributed by atoms with Crippen LogP contribution >= 0.6 is 0 Å². The van der Waals surface area contributed by atoms with Gasteiger partial charge < -0.3 is 26.8 Å². The van der Waals surface area contributed by atoms with Crippen LogP contribution in [0.3, 0.4) is 0 Å². The van der Waals surface area contributed by atoms with E-state index in [1.807, 2.05) is 19.1 Å². The van der Waals surface area contributed by atoms with E-state index in [1.54, 1.807) is 6.07 Å². The van der Waals surface area contributed by atoms with Crippen LogP contribution in [0.15, 0.2) is 24.4 Å². The number of amides is 1. The lowest BCUT2D eigenvalue weighted by Crippen LogP contribution is -2.38. The Balaban J connectivity index is 1.67. The third kappa shape index (κ3) is 3.41. The number of aliphatic hydroxyl groups excluding tert-OH is 1. The molecule has 10 nitrogen and oxygen atoms in total. The Morgan fingerprint density at radius 3 is 2.89 bits per heavy atom. The van der Waals surface area contributed by atoms with E-state index in [0.29, 0.717) is 23.8 Å². The van der Waals surface area contributed by atoms with Crippen molar-refractivity contribution in [2.45, 2.75) is 25.9 Å². The first-order chi connectivity index (χ1) is 13.4. The standard InChI is InChI=1S/C18H22N8O2/c1-10-5-11(6-16(22-10)25-4-2-3-12(27)9-25)23-15-7-14(19)26-18(24-15)13(8-21-26)17(20)28/h5-8,12,27H,2-4,9,19H2,1H3,(H2,20,28)(H,22,23,24). The maximum Gasteiger partial charge on any atom is 0.254 e. The van der Waals surface area contributed by atoms with E-state index in [0.717, 1.165) is 36.6 Å². The summed E-state index contributed by atoms with van der Waals surface area (Å²) < 4.78 is 1.36. The van der Waals surface area contributed by atoms with Gasteiger partial charge in [-0.3, -0.25) is 4.79 Å². The molecule has 6 N–H and O–H groups in total. The van der Waals surface area contributed by atoms with Crippen molar-refractivity contribution in [1.29, 1.82) is 0 Å². The van der Waals surface area contributed by atoms with Crippen molar-refractivity contribution in [2.24, 2.45) is 5.73 Å². The van der Waals surface area contributed by atoms with Gasteiger partial charge in [-0.25, -0.2) is 9.97 Å². The number of aryl methyl sites for hydroxylation is 1. The SMILES string of the molecule is Cc1cc(Nc2cc(N)n3ncc(C(N)=O)c3n2)cc(N2CCCC(O)C2)n1. The molecule has 1 amide bonds. The van der Waals surface area contributed by atoms with Crippen LogP contribution in [0.2, 0.25) is 0 Å². The minimum atomic E-state index is -0.621. The predicted octanol–water partition coefficient (Wildman–Crippen LogP) is 0.819. The lowest BCUT2D eigenvalue weighted by atomic mass is 10.1. The molecular weight excluding hydrogens is 360 g/mol. The van der Waals surface area contributed by atoms with Gasteiger partial charge in [0.1, 0.15) is 23.0 Å². The molecule has 4 heterocycles. The number of hydrogen-bond acceptors (Lipinski definition) is 8. The average Bonchev–Trinajstić information content (AvgIpc) is 3.06. The summed E-state index contributed by atoms with van der Waals surface area (Å²) in [6, 6.07) is 5.42. The van der Waals surface area contributed by atoms with Crippen molar-refractivity contribution in [3.63, 3.8) is 0 Å². The Bertz CT molecular complexity index is 1050. The molecule has 3 aromatic heterocycles. The van der Waals surface area contributed by atoms with Crippen molar-refractivity contribution >= 4 is 34.7 Å². The van der Waals surface area contributed by atoms with Gasteiger partial charge in [-0.1, -0.05) is 0 Å². The lowest BCUT2D eigenvalue weighted by Gasteiger charge is -2.31. The number of carbonyl (C=O) groups excluding carboxylic acids is 1. The van der Waals surface area contributed by atoms with Gasteiger partial charge in [0, 0.05) is 36.6 Å². The summed E-state index contributed by atoms with van der Waals surface area (Å²) in [7, 11) is 0. The number of β-amino-alcohol motifs (C(OH)–C–C–N with tert-alkyl or cyclic N) is 1. The fraction of sp³-hybridized carbons (Fsp3) is 0.333. The molecule has 1 saturated heterocycles. The maximum absolute atomic E-state index is 11.6. The van der Waals surface area contributed by atoms with E-state index in [2.05, 4.69) is 25.3 Å². The second-order valence-electron chi connectivity index (χ2n) is 6.95. The Kier molecular flexibility index (Phi) is 4.47. The number of rotatable bonds is 4. The molecule has 0 saturated carbocycles. The highest BCUT2D eigenvalue weighted by Crippen LogP contribution is 2.25. The first-order valence-corrected chi connectivity index (χ1v) is 9.03. The minimum Gasteiger partial charge on any atom is -0.391 e.